The lowest BCUT2D eigenvalue weighted by molar-refractivity contribution is -0.138. The lowest BCUT2D eigenvalue weighted by atomic mass is 9.73. The van der Waals surface area contributed by atoms with Gasteiger partial charge in [0.1, 0.15) is 0 Å². The first-order chi connectivity index (χ1) is 19.3. The highest BCUT2D eigenvalue weighted by Crippen LogP contribution is 2.42. The van der Waals surface area contributed by atoms with Crippen molar-refractivity contribution in [2.24, 2.45) is 11.8 Å². The van der Waals surface area contributed by atoms with Gasteiger partial charge >= 0.3 is 6.03 Å². The van der Waals surface area contributed by atoms with Gasteiger partial charge in [-0.3, -0.25) is 30.1 Å². The van der Waals surface area contributed by atoms with Crippen LogP contribution in [0.1, 0.15) is 49.0 Å². The molecule has 8 nitrogen and oxygen atoms in total. The molecule has 1 aromatic heterocycles. The Morgan fingerprint density at radius 3 is 2.48 bits per heavy atom. The number of amides is 4. The summed E-state index contributed by atoms with van der Waals surface area (Å²) in [5.41, 5.74) is 2.47. The van der Waals surface area contributed by atoms with E-state index in [0.717, 1.165) is 36.0 Å². The molecule has 0 radical (unpaired) electrons. The van der Waals surface area contributed by atoms with Crippen LogP contribution < -0.4 is 10.6 Å². The molecule has 4 aliphatic rings. The zero-order chi connectivity index (χ0) is 28.4. The SMILES string of the molecule is C=C[C@H]1CN2CC[C@H]1C[C@@H]2[C@@H](O)c1ccnc2ccc(C)cc12.CCC1(c2ccccc2)C(=O)NC(=O)NC1=O. The number of rotatable bonds is 5. The number of nitrogens with zero attached hydrogens (tertiary/aromatic N) is 2. The largest absolute Gasteiger partial charge is 0.387 e. The van der Waals surface area contributed by atoms with Crippen LogP contribution in [-0.2, 0) is 15.0 Å². The first-order valence-corrected chi connectivity index (χ1v) is 13.9. The molecule has 2 aromatic carbocycles. The van der Waals surface area contributed by atoms with Gasteiger partial charge in [-0.15, -0.1) is 6.58 Å². The van der Waals surface area contributed by atoms with E-state index in [0.29, 0.717) is 23.8 Å². The molecular formula is C32H36N4O4. The molecule has 8 heteroatoms. The van der Waals surface area contributed by atoms with Crippen LogP contribution in [0.2, 0.25) is 0 Å². The number of fused-ring (bicyclic) bond motifs is 4. The molecule has 3 N–H and O–H groups in total. The van der Waals surface area contributed by atoms with Crippen molar-refractivity contribution < 1.29 is 19.5 Å². The van der Waals surface area contributed by atoms with Crippen molar-refractivity contribution in [3.05, 3.63) is 90.1 Å². The molecule has 5 atom stereocenters. The van der Waals surface area contributed by atoms with Crippen LogP contribution in [0.15, 0.2) is 73.4 Å². The molecule has 1 unspecified atom stereocenters. The molecule has 208 valence electrons. The summed E-state index contributed by atoms with van der Waals surface area (Å²) in [7, 11) is 0. The van der Waals surface area contributed by atoms with Gasteiger partial charge in [-0.25, -0.2) is 4.79 Å². The van der Waals surface area contributed by atoms with E-state index in [-0.39, 0.29) is 6.04 Å². The van der Waals surface area contributed by atoms with Crippen LogP contribution >= 0.6 is 0 Å². The van der Waals surface area contributed by atoms with Gasteiger partial charge < -0.3 is 5.11 Å². The number of hydrogen-bond acceptors (Lipinski definition) is 6. The second kappa shape index (κ2) is 11.3. The number of imide groups is 2. The molecule has 0 saturated carbocycles. The standard InChI is InChI=1S/C20H24N2O.C12H12N2O3/c1-3-14-12-22-9-7-15(14)11-19(22)20(23)16-6-8-21-18-5-4-13(2)10-17(16)18;1-2-12(8-6-4-3-5-7-8)9(15)13-11(17)14-10(12)16/h3-6,8,10,14-15,19-20,23H,1,7,9,11-12H2,2H3;3-7H,2H2,1H3,(H2,13,14,15,16,17)/t14-,15-,19+,20-;/m0./s1. The highest BCUT2D eigenvalue weighted by molar-refractivity contribution is 6.22. The summed E-state index contributed by atoms with van der Waals surface area (Å²) in [6.45, 7) is 9.94. The number of pyridine rings is 1. The van der Waals surface area contributed by atoms with Crippen LogP contribution in [-0.4, -0.2) is 52.0 Å². The van der Waals surface area contributed by atoms with Crippen LogP contribution in [0.5, 0.6) is 0 Å². The minimum absolute atomic E-state index is 0.219. The van der Waals surface area contributed by atoms with Crippen LogP contribution in [0.3, 0.4) is 0 Å². The minimum atomic E-state index is -1.31. The number of carbonyl (C=O) groups is 3. The number of benzene rings is 2. The van der Waals surface area contributed by atoms with Gasteiger partial charge in [0.05, 0.1) is 11.6 Å². The number of urea groups is 1. The molecule has 4 saturated heterocycles. The van der Waals surface area contributed by atoms with Crippen LogP contribution in [0.25, 0.3) is 10.9 Å². The van der Waals surface area contributed by atoms with Crippen molar-refractivity contribution >= 4 is 28.7 Å². The molecule has 2 bridgehead atoms. The second-order valence-electron chi connectivity index (χ2n) is 11.0. The number of aliphatic hydroxyl groups excluding tert-OH is 1. The Kier molecular flexibility index (Phi) is 7.83. The van der Waals surface area contributed by atoms with E-state index in [1.807, 2.05) is 18.3 Å². The fraction of sp³-hybridized carbons (Fsp3) is 0.375. The van der Waals surface area contributed by atoms with E-state index >= 15 is 0 Å². The van der Waals surface area contributed by atoms with Gasteiger partial charge in [0, 0.05) is 24.2 Å². The summed E-state index contributed by atoms with van der Waals surface area (Å²) in [6.07, 6.45) is 6.06. The first kappa shape index (κ1) is 27.7. The third-order valence-electron chi connectivity index (χ3n) is 8.79. The average molecular weight is 541 g/mol. The molecule has 4 amide bonds. The zero-order valence-electron chi connectivity index (χ0n) is 23.0. The highest BCUT2D eigenvalue weighted by atomic mass is 16.3. The lowest BCUT2D eigenvalue weighted by Gasteiger charge is -2.50. The third kappa shape index (κ3) is 4.93. The van der Waals surface area contributed by atoms with Gasteiger partial charge in [-0.1, -0.05) is 55.0 Å². The quantitative estimate of drug-likeness (QED) is 0.331. The van der Waals surface area contributed by atoms with Crippen molar-refractivity contribution in [3.63, 3.8) is 0 Å². The molecule has 5 heterocycles. The normalized spacial score (nSPS) is 25.8. The van der Waals surface area contributed by atoms with Crippen molar-refractivity contribution in [2.75, 3.05) is 13.1 Å². The van der Waals surface area contributed by atoms with Crippen molar-refractivity contribution in [1.82, 2.24) is 20.5 Å². The summed E-state index contributed by atoms with van der Waals surface area (Å²) in [5, 5.41) is 16.5. The number of piperidine rings is 3. The van der Waals surface area contributed by atoms with Gasteiger partial charge in [0.15, 0.2) is 5.41 Å². The summed E-state index contributed by atoms with van der Waals surface area (Å²) >= 11 is 0. The zero-order valence-corrected chi connectivity index (χ0v) is 23.0. The fourth-order valence-electron chi connectivity index (χ4n) is 6.52. The number of nitrogens with one attached hydrogen (secondary N) is 2. The van der Waals surface area contributed by atoms with Gasteiger partial charge in [0.25, 0.3) is 0 Å². The van der Waals surface area contributed by atoms with E-state index in [9.17, 15) is 19.5 Å². The maximum atomic E-state index is 12.0. The van der Waals surface area contributed by atoms with Crippen molar-refractivity contribution in [1.29, 1.82) is 0 Å². The maximum Gasteiger partial charge on any atom is 0.328 e. The van der Waals surface area contributed by atoms with E-state index < -0.39 is 29.4 Å². The van der Waals surface area contributed by atoms with E-state index in [1.165, 1.54) is 12.0 Å². The Balaban J connectivity index is 0.000000170. The molecular weight excluding hydrogens is 504 g/mol. The molecule has 40 heavy (non-hydrogen) atoms. The number of carbonyl (C=O) groups excluding carboxylic acids is 3. The number of aliphatic hydroxyl groups is 1. The minimum Gasteiger partial charge on any atom is -0.387 e. The Morgan fingerprint density at radius 2 is 1.85 bits per heavy atom. The smallest absolute Gasteiger partial charge is 0.328 e. The predicted molar refractivity (Wildman–Crippen MR) is 153 cm³/mol. The van der Waals surface area contributed by atoms with E-state index in [1.54, 1.807) is 37.3 Å². The molecule has 3 aromatic rings. The van der Waals surface area contributed by atoms with Crippen LogP contribution in [0.4, 0.5) is 4.79 Å². The van der Waals surface area contributed by atoms with Crippen LogP contribution in [0, 0.1) is 18.8 Å². The average Bonchev–Trinajstić information content (AvgIpc) is 2.97. The molecule has 4 aliphatic heterocycles. The Bertz CT molecular complexity index is 1420. The number of barbiturate groups is 1. The summed E-state index contributed by atoms with van der Waals surface area (Å²) in [6, 6.07) is 16.4. The van der Waals surface area contributed by atoms with Gasteiger partial charge in [0.2, 0.25) is 11.8 Å². The predicted octanol–water partition coefficient (Wildman–Crippen LogP) is 4.17. The monoisotopic (exact) mass is 540 g/mol. The highest BCUT2D eigenvalue weighted by Gasteiger charge is 2.50. The molecule has 7 rings (SSSR count). The number of aromatic nitrogens is 1. The first-order valence-electron chi connectivity index (χ1n) is 13.9. The molecule has 4 fully saturated rings. The summed E-state index contributed by atoms with van der Waals surface area (Å²) < 4.78 is 0. The lowest BCUT2D eigenvalue weighted by Crippen LogP contribution is -2.64. The third-order valence-corrected chi connectivity index (χ3v) is 8.79. The van der Waals surface area contributed by atoms with Crippen molar-refractivity contribution in [3.8, 4) is 0 Å². The molecule has 0 aliphatic carbocycles. The molecule has 0 spiro atoms. The Morgan fingerprint density at radius 1 is 1.12 bits per heavy atom. The summed E-state index contributed by atoms with van der Waals surface area (Å²) in [5.74, 6) is 0.121. The van der Waals surface area contributed by atoms with Crippen molar-refractivity contribution in [2.45, 2.75) is 50.7 Å². The second-order valence-corrected chi connectivity index (χ2v) is 11.0. The maximum absolute atomic E-state index is 12.0. The Hall–Kier alpha value is -3.88. The number of hydrogen-bond donors (Lipinski definition) is 3. The van der Waals surface area contributed by atoms with Gasteiger partial charge in [-0.2, -0.15) is 0 Å². The fourth-order valence-corrected chi connectivity index (χ4v) is 6.52. The Labute approximate surface area is 234 Å². The van der Waals surface area contributed by atoms with Gasteiger partial charge in [-0.05, 0) is 73.9 Å². The van der Waals surface area contributed by atoms with E-state index in [4.69, 9.17) is 0 Å². The topological polar surface area (TPSA) is 112 Å². The summed E-state index contributed by atoms with van der Waals surface area (Å²) in [4.78, 5) is 41.9. The van der Waals surface area contributed by atoms with E-state index in [2.05, 4.69) is 52.2 Å². The number of aryl methyl sites for hydroxylation is 1.